The first-order chi connectivity index (χ1) is 8.09. The second-order valence-corrected chi connectivity index (χ2v) is 3.65. The zero-order chi connectivity index (χ0) is 12.4. The maximum Gasteiger partial charge on any atom is 0.347 e. The fourth-order valence-corrected chi connectivity index (χ4v) is 1.61. The lowest BCUT2D eigenvalue weighted by atomic mass is 10.1. The van der Waals surface area contributed by atoms with Crippen LogP contribution in [0.3, 0.4) is 0 Å². The van der Waals surface area contributed by atoms with Crippen LogP contribution in [0.25, 0.3) is 0 Å². The highest BCUT2D eigenvalue weighted by Gasteiger charge is 2.30. The second kappa shape index (κ2) is 4.32. The van der Waals surface area contributed by atoms with E-state index in [1.165, 1.54) is 6.07 Å². The first-order valence-corrected chi connectivity index (χ1v) is 5.11. The van der Waals surface area contributed by atoms with E-state index in [0.29, 0.717) is 13.0 Å². The van der Waals surface area contributed by atoms with Crippen molar-refractivity contribution >= 4 is 17.6 Å². The Morgan fingerprint density at radius 3 is 2.82 bits per heavy atom. The molecule has 0 aliphatic carbocycles. The van der Waals surface area contributed by atoms with Crippen LogP contribution in [0.15, 0.2) is 18.2 Å². The summed E-state index contributed by atoms with van der Waals surface area (Å²) in [6.45, 7) is 0.308. The maximum absolute atomic E-state index is 11.3. The summed E-state index contributed by atoms with van der Waals surface area (Å²) >= 11 is 0. The largest absolute Gasteiger partial charge is 0.476 e. The Balaban J connectivity index is 2.31. The van der Waals surface area contributed by atoms with E-state index in [2.05, 4.69) is 0 Å². The molecule has 1 amide bonds. The van der Waals surface area contributed by atoms with Gasteiger partial charge in [0.25, 0.3) is 5.91 Å². The van der Waals surface area contributed by atoms with E-state index in [-0.39, 0.29) is 17.0 Å². The number of hydrogen-bond acceptors (Lipinski definition) is 5. The molecule has 0 radical (unpaired) electrons. The van der Waals surface area contributed by atoms with Crippen molar-refractivity contribution in [3.63, 3.8) is 0 Å². The highest BCUT2D eigenvalue weighted by Crippen LogP contribution is 2.28. The van der Waals surface area contributed by atoms with Crippen LogP contribution in [-0.2, 0) is 9.53 Å². The third-order valence-electron chi connectivity index (χ3n) is 2.46. The molecule has 6 heteroatoms. The number of nitrogen functional groups attached to an aromatic ring is 1. The van der Waals surface area contributed by atoms with Gasteiger partial charge in [0.15, 0.2) is 11.9 Å². The number of amides is 1. The molecule has 1 saturated heterocycles. The molecule has 1 aliphatic heterocycles. The number of para-hydroxylation sites is 1. The van der Waals surface area contributed by atoms with E-state index in [1.807, 2.05) is 0 Å². The lowest BCUT2D eigenvalue weighted by Gasteiger charge is -2.14. The number of cyclic esters (lactones) is 1. The number of carbonyl (C=O) groups is 2. The highest BCUT2D eigenvalue weighted by atomic mass is 16.6. The van der Waals surface area contributed by atoms with Gasteiger partial charge in [0.2, 0.25) is 0 Å². The number of carbonyl (C=O) groups excluding carboxylic acids is 2. The van der Waals surface area contributed by atoms with Gasteiger partial charge in [0.05, 0.1) is 17.9 Å². The van der Waals surface area contributed by atoms with Crippen LogP contribution >= 0.6 is 0 Å². The number of anilines is 1. The first kappa shape index (κ1) is 11.3. The number of benzene rings is 1. The third kappa shape index (κ3) is 2.15. The Morgan fingerprint density at radius 2 is 2.24 bits per heavy atom. The van der Waals surface area contributed by atoms with Crippen molar-refractivity contribution in [1.29, 1.82) is 0 Å². The Kier molecular flexibility index (Phi) is 2.86. The molecule has 4 N–H and O–H groups in total. The van der Waals surface area contributed by atoms with Gasteiger partial charge in [-0.2, -0.15) is 0 Å². The number of nitrogens with two attached hydrogens (primary N) is 2. The van der Waals surface area contributed by atoms with Crippen LogP contribution in [0.1, 0.15) is 16.8 Å². The van der Waals surface area contributed by atoms with Crippen LogP contribution in [0.5, 0.6) is 5.75 Å². The highest BCUT2D eigenvalue weighted by molar-refractivity contribution is 5.97. The lowest BCUT2D eigenvalue weighted by Crippen LogP contribution is -2.24. The van der Waals surface area contributed by atoms with Gasteiger partial charge < -0.3 is 20.9 Å². The summed E-state index contributed by atoms with van der Waals surface area (Å²) in [6, 6.07) is 4.66. The molecule has 1 unspecified atom stereocenters. The molecule has 1 aliphatic rings. The van der Waals surface area contributed by atoms with E-state index in [1.54, 1.807) is 12.1 Å². The number of rotatable bonds is 3. The Hall–Kier alpha value is -2.24. The number of primary amides is 1. The minimum atomic E-state index is -0.724. The average Bonchev–Trinajstić information content (AvgIpc) is 2.67. The molecule has 1 atom stereocenters. The van der Waals surface area contributed by atoms with Crippen molar-refractivity contribution < 1.29 is 19.1 Å². The predicted octanol–water partition coefficient (Wildman–Crippen LogP) is 0.0620. The summed E-state index contributed by atoms with van der Waals surface area (Å²) in [7, 11) is 0. The van der Waals surface area contributed by atoms with E-state index < -0.39 is 18.0 Å². The van der Waals surface area contributed by atoms with Crippen molar-refractivity contribution in [2.24, 2.45) is 5.73 Å². The molecule has 1 heterocycles. The standard InChI is InChI=1S/C11H12N2O4/c12-7-3-1-2-6(10(13)14)9(7)17-8-4-5-16-11(8)15/h1-3,8H,4-5,12H2,(H2,13,14). The molecule has 0 saturated carbocycles. The van der Waals surface area contributed by atoms with Gasteiger partial charge in [-0.25, -0.2) is 4.79 Å². The molecule has 2 rings (SSSR count). The Labute approximate surface area is 97.5 Å². The molecular weight excluding hydrogens is 224 g/mol. The number of hydrogen-bond donors (Lipinski definition) is 2. The second-order valence-electron chi connectivity index (χ2n) is 3.65. The SMILES string of the molecule is NC(=O)c1cccc(N)c1OC1CCOC1=O. The molecule has 0 aromatic heterocycles. The van der Waals surface area contributed by atoms with Gasteiger partial charge in [-0.05, 0) is 12.1 Å². The average molecular weight is 236 g/mol. The van der Waals surface area contributed by atoms with Crippen molar-refractivity contribution in [3.05, 3.63) is 23.8 Å². The topological polar surface area (TPSA) is 105 Å². The van der Waals surface area contributed by atoms with Gasteiger partial charge >= 0.3 is 5.97 Å². The van der Waals surface area contributed by atoms with Gasteiger partial charge in [-0.15, -0.1) is 0 Å². The minimum Gasteiger partial charge on any atom is -0.476 e. The van der Waals surface area contributed by atoms with Crippen molar-refractivity contribution in [2.45, 2.75) is 12.5 Å². The molecule has 1 fully saturated rings. The van der Waals surface area contributed by atoms with Crippen LogP contribution in [0.2, 0.25) is 0 Å². The van der Waals surface area contributed by atoms with Crippen LogP contribution in [0.4, 0.5) is 5.69 Å². The Bertz CT molecular complexity index is 473. The molecule has 90 valence electrons. The fourth-order valence-electron chi connectivity index (χ4n) is 1.61. The molecule has 17 heavy (non-hydrogen) atoms. The molecule has 1 aromatic carbocycles. The summed E-state index contributed by atoms with van der Waals surface area (Å²) in [4.78, 5) is 22.5. The quantitative estimate of drug-likeness (QED) is 0.570. The summed E-state index contributed by atoms with van der Waals surface area (Å²) in [5, 5.41) is 0. The summed E-state index contributed by atoms with van der Waals surface area (Å²) < 4.78 is 10.2. The third-order valence-corrected chi connectivity index (χ3v) is 2.46. The zero-order valence-electron chi connectivity index (χ0n) is 9.01. The summed E-state index contributed by atoms with van der Waals surface area (Å²) in [5.41, 5.74) is 11.3. The van der Waals surface area contributed by atoms with E-state index in [9.17, 15) is 9.59 Å². The van der Waals surface area contributed by atoms with Gasteiger partial charge in [0, 0.05) is 6.42 Å². The van der Waals surface area contributed by atoms with Gasteiger partial charge in [-0.1, -0.05) is 6.07 Å². The van der Waals surface area contributed by atoms with E-state index in [0.717, 1.165) is 0 Å². The monoisotopic (exact) mass is 236 g/mol. The van der Waals surface area contributed by atoms with Crippen molar-refractivity contribution in [1.82, 2.24) is 0 Å². The van der Waals surface area contributed by atoms with Crippen LogP contribution < -0.4 is 16.2 Å². The number of ether oxygens (including phenoxy) is 2. The maximum atomic E-state index is 11.3. The van der Waals surface area contributed by atoms with Gasteiger partial charge in [-0.3, -0.25) is 4.79 Å². The fraction of sp³-hybridized carbons (Fsp3) is 0.273. The normalized spacial score (nSPS) is 18.8. The van der Waals surface area contributed by atoms with E-state index >= 15 is 0 Å². The molecule has 1 aromatic rings. The smallest absolute Gasteiger partial charge is 0.347 e. The lowest BCUT2D eigenvalue weighted by molar-refractivity contribution is -0.143. The molecular formula is C11H12N2O4. The van der Waals surface area contributed by atoms with Gasteiger partial charge in [0.1, 0.15) is 0 Å². The zero-order valence-corrected chi connectivity index (χ0v) is 9.01. The molecule has 6 nitrogen and oxygen atoms in total. The van der Waals surface area contributed by atoms with Crippen molar-refractivity contribution in [3.8, 4) is 5.75 Å². The molecule has 0 bridgehead atoms. The minimum absolute atomic E-state index is 0.142. The summed E-state index contributed by atoms with van der Waals surface area (Å²) in [5.74, 6) is -0.966. The summed E-state index contributed by atoms with van der Waals surface area (Å²) in [6.07, 6.45) is -0.288. The van der Waals surface area contributed by atoms with E-state index in [4.69, 9.17) is 20.9 Å². The van der Waals surface area contributed by atoms with Crippen LogP contribution in [-0.4, -0.2) is 24.6 Å². The number of esters is 1. The molecule has 0 spiro atoms. The predicted molar refractivity (Wildman–Crippen MR) is 59.4 cm³/mol. The van der Waals surface area contributed by atoms with Crippen molar-refractivity contribution in [2.75, 3.05) is 12.3 Å². The first-order valence-electron chi connectivity index (χ1n) is 5.11. The Morgan fingerprint density at radius 1 is 1.47 bits per heavy atom. The van der Waals surface area contributed by atoms with Crippen LogP contribution in [0, 0.1) is 0 Å².